The molecule has 1 amide bonds. The molecule has 0 aliphatic heterocycles. The molecule has 4 rings (SSSR count). The van der Waals surface area contributed by atoms with Crippen LogP contribution >= 0.6 is 11.3 Å². The number of anilines is 1. The molecular weight excluding hydrogens is 377 g/mol. The SMILES string of the molecule is C[C@@H](C(=O)Nc1ncn2c(C(F)(F)F)csc12)c1ccc2ncccc2c1. The maximum absolute atomic E-state index is 13.0. The number of carbonyl (C=O) groups is 1. The van der Waals surface area contributed by atoms with E-state index in [2.05, 4.69) is 15.3 Å². The van der Waals surface area contributed by atoms with Crippen LogP contribution in [0.1, 0.15) is 24.1 Å². The van der Waals surface area contributed by atoms with Gasteiger partial charge in [0.25, 0.3) is 0 Å². The van der Waals surface area contributed by atoms with E-state index in [4.69, 9.17) is 0 Å². The van der Waals surface area contributed by atoms with Crippen molar-refractivity contribution in [3.63, 3.8) is 0 Å². The maximum atomic E-state index is 13.0. The molecule has 0 aliphatic carbocycles. The van der Waals surface area contributed by atoms with E-state index in [9.17, 15) is 18.0 Å². The van der Waals surface area contributed by atoms with Gasteiger partial charge >= 0.3 is 6.18 Å². The number of alkyl halides is 3. The van der Waals surface area contributed by atoms with Gasteiger partial charge in [0, 0.05) is 17.0 Å². The average Bonchev–Trinajstić information content (AvgIpc) is 3.23. The van der Waals surface area contributed by atoms with Crippen molar-refractivity contribution in [3.8, 4) is 0 Å². The lowest BCUT2D eigenvalue weighted by atomic mass is 9.98. The number of rotatable bonds is 3. The van der Waals surface area contributed by atoms with Gasteiger partial charge in [0.15, 0.2) is 5.82 Å². The number of hydrogen-bond donors (Lipinski definition) is 1. The Bertz CT molecular complexity index is 1150. The van der Waals surface area contributed by atoms with Crippen molar-refractivity contribution < 1.29 is 18.0 Å². The van der Waals surface area contributed by atoms with Gasteiger partial charge < -0.3 is 5.32 Å². The molecule has 0 saturated carbocycles. The number of amides is 1. The summed E-state index contributed by atoms with van der Waals surface area (Å²) in [4.78, 5) is 21.0. The summed E-state index contributed by atoms with van der Waals surface area (Å²) in [5, 5.41) is 4.55. The smallest absolute Gasteiger partial charge is 0.308 e. The highest BCUT2D eigenvalue weighted by atomic mass is 32.1. The van der Waals surface area contributed by atoms with Gasteiger partial charge in [0.2, 0.25) is 5.91 Å². The summed E-state index contributed by atoms with van der Waals surface area (Å²) in [6, 6.07) is 9.24. The number of thiazole rings is 1. The maximum Gasteiger partial charge on any atom is 0.432 e. The molecule has 3 heterocycles. The Balaban J connectivity index is 1.59. The Labute approximate surface area is 155 Å². The second kappa shape index (κ2) is 6.34. The molecule has 0 aliphatic rings. The van der Waals surface area contributed by atoms with Crippen molar-refractivity contribution in [2.24, 2.45) is 0 Å². The Morgan fingerprint density at radius 2 is 2.07 bits per heavy atom. The molecule has 1 N–H and O–H groups in total. The van der Waals surface area contributed by atoms with E-state index in [0.717, 1.165) is 43.9 Å². The molecule has 0 spiro atoms. The summed E-state index contributed by atoms with van der Waals surface area (Å²) in [5.74, 6) is -0.732. The first-order chi connectivity index (χ1) is 12.8. The third kappa shape index (κ3) is 3.14. The molecule has 138 valence electrons. The van der Waals surface area contributed by atoms with Gasteiger partial charge in [0.1, 0.15) is 16.9 Å². The normalized spacial score (nSPS) is 13.2. The third-order valence-corrected chi connectivity index (χ3v) is 5.27. The summed E-state index contributed by atoms with van der Waals surface area (Å²) in [7, 11) is 0. The number of nitrogens with one attached hydrogen (secondary N) is 1. The largest absolute Gasteiger partial charge is 0.432 e. The number of carbonyl (C=O) groups excluding carboxylic acids is 1. The van der Waals surface area contributed by atoms with Gasteiger partial charge in [-0.25, -0.2) is 4.98 Å². The molecule has 1 aromatic carbocycles. The summed E-state index contributed by atoms with van der Waals surface area (Å²) in [6.07, 6.45) is -1.72. The van der Waals surface area contributed by atoms with Crippen molar-refractivity contribution in [1.82, 2.24) is 14.4 Å². The fraction of sp³-hybridized carbons (Fsp3) is 0.167. The Morgan fingerprint density at radius 1 is 1.26 bits per heavy atom. The van der Waals surface area contributed by atoms with Crippen LogP contribution in [0.15, 0.2) is 48.2 Å². The van der Waals surface area contributed by atoms with Crippen LogP contribution < -0.4 is 5.32 Å². The van der Waals surface area contributed by atoms with E-state index in [1.807, 2.05) is 30.3 Å². The van der Waals surface area contributed by atoms with Gasteiger partial charge in [-0.3, -0.25) is 14.2 Å². The molecule has 0 unspecified atom stereocenters. The number of imidazole rings is 1. The first kappa shape index (κ1) is 17.5. The zero-order valence-electron chi connectivity index (χ0n) is 14.0. The predicted octanol–water partition coefficient (Wildman–Crippen LogP) is 4.71. The van der Waals surface area contributed by atoms with Crippen molar-refractivity contribution in [1.29, 1.82) is 0 Å². The quantitative estimate of drug-likeness (QED) is 0.551. The summed E-state index contributed by atoms with van der Waals surface area (Å²) in [6.45, 7) is 1.73. The molecule has 5 nitrogen and oxygen atoms in total. The fourth-order valence-electron chi connectivity index (χ4n) is 2.82. The fourth-order valence-corrected chi connectivity index (χ4v) is 3.76. The van der Waals surface area contributed by atoms with E-state index in [-0.39, 0.29) is 16.6 Å². The topological polar surface area (TPSA) is 59.3 Å². The van der Waals surface area contributed by atoms with Crippen LogP contribution in [-0.2, 0) is 11.0 Å². The minimum Gasteiger partial charge on any atom is -0.308 e. The first-order valence-corrected chi connectivity index (χ1v) is 8.90. The lowest BCUT2D eigenvalue weighted by Crippen LogP contribution is -2.19. The second-order valence-corrected chi connectivity index (χ2v) is 6.91. The highest BCUT2D eigenvalue weighted by Crippen LogP contribution is 2.35. The lowest BCUT2D eigenvalue weighted by molar-refractivity contribution is -0.141. The molecule has 0 saturated heterocycles. The van der Waals surface area contributed by atoms with E-state index >= 15 is 0 Å². The highest BCUT2D eigenvalue weighted by Gasteiger charge is 2.35. The molecule has 3 aromatic heterocycles. The number of pyridine rings is 1. The Morgan fingerprint density at radius 3 is 2.85 bits per heavy atom. The van der Waals surface area contributed by atoms with Crippen molar-refractivity contribution >= 4 is 38.8 Å². The van der Waals surface area contributed by atoms with Gasteiger partial charge in [-0.15, -0.1) is 11.3 Å². The lowest BCUT2D eigenvalue weighted by Gasteiger charge is -2.12. The monoisotopic (exact) mass is 390 g/mol. The van der Waals surface area contributed by atoms with Crippen LogP contribution in [0.25, 0.3) is 15.7 Å². The van der Waals surface area contributed by atoms with Crippen LogP contribution in [0.4, 0.5) is 19.0 Å². The van der Waals surface area contributed by atoms with Gasteiger partial charge in [-0.1, -0.05) is 12.1 Å². The molecule has 27 heavy (non-hydrogen) atoms. The standard InChI is InChI=1S/C18H13F3N4OS/c1-10(11-4-5-13-12(7-11)3-2-6-22-13)16(26)24-15-17-25(9-23-15)14(8-27-17)18(19,20)21/h2-10H,1H3,(H,24,26)/t10-/m1/s1. The number of fused-ring (bicyclic) bond motifs is 2. The van der Waals surface area contributed by atoms with Crippen molar-refractivity contribution in [2.75, 3.05) is 5.32 Å². The van der Waals surface area contributed by atoms with E-state index in [1.54, 1.807) is 13.1 Å². The van der Waals surface area contributed by atoms with Crippen LogP contribution in [0.3, 0.4) is 0 Å². The molecule has 4 aromatic rings. The second-order valence-electron chi connectivity index (χ2n) is 6.05. The number of nitrogens with zero attached hydrogens (tertiary/aromatic N) is 3. The molecular formula is C18H13F3N4OS. The van der Waals surface area contributed by atoms with Gasteiger partial charge in [0.05, 0.1) is 11.4 Å². The molecule has 0 radical (unpaired) electrons. The number of benzene rings is 1. The average molecular weight is 390 g/mol. The third-order valence-electron chi connectivity index (χ3n) is 4.32. The van der Waals surface area contributed by atoms with Crippen LogP contribution in [0.5, 0.6) is 0 Å². The van der Waals surface area contributed by atoms with Crippen LogP contribution in [0.2, 0.25) is 0 Å². The first-order valence-electron chi connectivity index (χ1n) is 8.02. The number of halogens is 3. The van der Waals surface area contributed by atoms with Gasteiger partial charge in [-0.2, -0.15) is 13.2 Å². The van der Waals surface area contributed by atoms with E-state index < -0.39 is 17.8 Å². The zero-order valence-corrected chi connectivity index (χ0v) is 14.8. The summed E-state index contributed by atoms with van der Waals surface area (Å²) >= 11 is 0.883. The van der Waals surface area contributed by atoms with E-state index in [1.165, 1.54) is 0 Å². The molecule has 1 atom stereocenters. The highest BCUT2D eigenvalue weighted by molar-refractivity contribution is 7.16. The Kier molecular flexibility index (Phi) is 4.11. The molecule has 0 fully saturated rings. The number of hydrogen-bond acceptors (Lipinski definition) is 4. The molecule has 0 bridgehead atoms. The molecule has 9 heteroatoms. The predicted molar refractivity (Wildman–Crippen MR) is 96.9 cm³/mol. The van der Waals surface area contributed by atoms with E-state index in [0.29, 0.717) is 0 Å². The zero-order chi connectivity index (χ0) is 19.2. The van der Waals surface area contributed by atoms with Crippen molar-refractivity contribution in [3.05, 3.63) is 59.5 Å². The minimum absolute atomic E-state index is 0.120. The summed E-state index contributed by atoms with van der Waals surface area (Å²) in [5.41, 5.74) is 0.791. The number of aromatic nitrogens is 3. The van der Waals surface area contributed by atoms with Gasteiger partial charge in [-0.05, 0) is 30.7 Å². The van der Waals surface area contributed by atoms with Crippen LogP contribution in [0, 0.1) is 0 Å². The van der Waals surface area contributed by atoms with Crippen LogP contribution in [-0.4, -0.2) is 20.3 Å². The minimum atomic E-state index is -4.48. The van der Waals surface area contributed by atoms with Crippen molar-refractivity contribution in [2.45, 2.75) is 19.0 Å². The Hall–Kier alpha value is -2.94. The summed E-state index contributed by atoms with van der Waals surface area (Å²) < 4.78 is 39.8.